The molecule has 0 saturated heterocycles. The summed E-state index contributed by atoms with van der Waals surface area (Å²) in [6.45, 7) is 6.02. The summed E-state index contributed by atoms with van der Waals surface area (Å²) in [7, 11) is 1.79. The molecule has 5 nitrogen and oxygen atoms in total. The number of aryl methyl sites for hydroxylation is 1. The van der Waals surface area contributed by atoms with Crippen LogP contribution in [0.25, 0.3) is 0 Å². The standard InChI is InChI=1S/C13H21N3O2/c1-10-5-6-11(14-7-10)15-12(17)8-16(4)9-13(2,3)18/h5-7,18H,8-9H2,1-4H3,(H,14,15,17). The quantitative estimate of drug-likeness (QED) is 0.820. The van der Waals surface area contributed by atoms with Gasteiger partial charge in [-0.05, 0) is 39.4 Å². The van der Waals surface area contributed by atoms with Crippen LogP contribution in [0, 0.1) is 6.92 Å². The second kappa shape index (κ2) is 5.93. The summed E-state index contributed by atoms with van der Waals surface area (Å²) < 4.78 is 0. The van der Waals surface area contributed by atoms with Gasteiger partial charge in [0.25, 0.3) is 0 Å². The molecule has 0 atom stereocenters. The van der Waals surface area contributed by atoms with E-state index >= 15 is 0 Å². The van der Waals surface area contributed by atoms with Gasteiger partial charge < -0.3 is 10.4 Å². The zero-order valence-electron chi connectivity index (χ0n) is 11.4. The van der Waals surface area contributed by atoms with Crippen molar-refractivity contribution in [1.29, 1.82) is 0 Å². The van der Waals surface area contributed by atoms with Crippen molar-refractivity contribution in [3.63, 3.8) is 0 Å². The summed E-state index contributed by atoms with van der Waals surface area (Å²) in [4.78, 5) is 17.6. The number of anilines is 1. The fraction of sp³-hybridized carbons (Fsp3) is 0.538. The number of hydrogen-bond acceptors (Lipinski definition) is 4. The summed E-state index contributed by atoms with van der Waals surface area (Å²) >= 11 is 0. The van der Waals surface area contributed by atoms with Gasteiger partial charge in [-0.3, -0.25) is 9.69 Å². The largest absolute Gasteiger partial charge is 0.389 e. The van der Waals surface area contributed by atoms with Crippen LogP contribution in [0.2, 0.25) is 0 Å². The maximum absolute atomic E-state index is 11.7. The van der Waals surface area contributed by atoms with Crippen LogP contribution in [0.15, 0.2) is 18.3 Å². The van der Waals surface area contributed by atoms with Crippen LogP contribution < -0.4 is 5.32 Å². The molecule has 1 amide bonds. The van der Waals surface area contributed by atoms with Crippen molar-refractivity contribution in [3.8, 4) is 0 Å². The van der Waals surface area contributed by atoms with Gasteiger partial charge in [-0.2, -0.15) is 0 Å². The van der Waals surface area contributed by atoms with Crippen LogP contribution in [-0.2, 0) is 4.79 Å². The smallest absolute Gasteiger partial charge is 0.239 e. The van der Waals surface area contributed by atoms with Crippen LogP contribution in [0.4, 0.5) is 5.82 Å². The lowest BCUT2D eigenvalue weighted by Crippen LogP contribution is -2.40. The number of hydrogen-bond donors (Lipinski definition) is 2. The second-order valence-corrected chi connectivity index (χ2v) is 5.25. The van der Waals surface area contributed by atoms with E-state index in [1.807, 2.05) is 13.0 Å². The van der Waals surface area contributed by atoms with Crippen molar-refractivity contribution in [2.75, 3.05) is 25.5 Å². The van der Waals surface area contributed by atoms with Crippen molar-refractivity contribution < 1.29 is 9.90 Å². The summed E-state index contributed by atoms with van der Waals surface area (Å²) in [6.07, 6.45) is 1.70. The predicted octanol–water partition coefficient (Wildman–Crippen LogP) is 1.03. The first kappa shape index (κ1) is 14.6. The number of likely N-dealkylation sites (N-methyl/N-ethyl adjacent to an activating group) is 1. The van der Waals surface area contributed by atoms with Gasteiger partial charge in [-0.1, -0.05) is 6.07 Å². The Balaban J connectivity index is 2.44. The van der Waals surface area contributed by atoms with Crippen LogP contribution >= 0.6 is 0 Å². The van der Waals surface area contributed by atoms with Gasteiger partial charge in [0, 0.05) is 12.7 Å². The molecule has 1 heterocycles. The Morgan fingerprint density at radius 3 is 2.67 bits per heavy atom. The van der Waals surface area contributed by atoms with E-state index < -0.39 is 5.60 Å². The molecule has 0 aliphatic heterocycles. The fourth-order valence-corrected chi connectivity index (χ4v) is 1.69. The number of aliphatic hydroxyl groups is 1. The van der Waals surface area contributed by atoms with Crippen LogP contribution in [0.5, 0.6) is 0 Å². The van der Waals surface area contributed by atoms with Crippen molar-refractivity contribution >= 4 is 11.7 Å². The maximum atomic E-state index is 11.7. The number of nitrogens with one attached hydrogen (secondary N) is 1. The van der Waals surface area contributed by atoms with Crippen LogP contribution in [-0.4, -0.2) is 46.6 Å². The highest BCUT2D eigenvalue weighted by atomic mass is 16.3. The van der Waals surface area contributed by atoms with Gasteiger partial charge >= 0.3 is 0 Å². The number of carbonyl (C=O) groups is 1. The first-order valence-electron chi connectivity index (χ1n) is 5.90. The first-order chi connectivity index (χ1) is 8.26. The lowest BCUT2D eigenvalue weighted by Gasteiger charge is -2.24. The summed E-state index contributed by atoms with van der Waals surface area (Å²) in [5, 5.41) is 12.3. The van der Waals surface area contributed by atoms with Gasteiger partial charge in [0.2, 0.25) is 5.91 Å². The Bertz CT molecular complexity index is 396. The molecule has 0 aliphatic rings. The van der Waals surface area contributed by atoms with E-state index in [1.54, 1.807) is 38.1 Å². The Morgan fingerprint density at radius 1 is 1.50 bits per heavy atom. The molecule has 0 fully saturated rings. The molecule has 100 valence electrons. The minimum atomic E-state index is -0.808. The van der Waals surface area contributed by atoms with Gasteiger partial charge in [0.15, 0.2) is 0 Å². The average molecular weight is 251 g/mol. The van der Waals surface area contributed by atoms with E-state index in [2.05, 4.69) is 10.3 Å². The number of amides is 1. The first-order valence-corrected chi connectivity index (χ1v) is 5.90. The number of rotatable bonds is 5. The molecule has 1 rings (SSSR count). The van der Waals surface area contributed by atoms with Gasteiger partial charge in [-0.25, -0.2) is 4.98 Å². The third kappa shape index (κ3) is 5.75. The van der Waals surface area contributed by atoms with Crippen molar-refractivity contribution in [1.82, 2.24) is 9.88 Å². The molecule has 5 heteroatoms. The van der Waals surface area contributed by atoms with Gasteiger partial charge in [0.05, 0.1) is 12.1 Å². The second-order valence-electron chi connectivity index (χ2n) is 5.25. The molecule has 0 saturated carbocycles. The molecule has 0 bridgehead atoms. The number of pyridine rings is 1. The fourth-order valence-electron chi connectivity index (χ4n) is 1.69. The number of aromatic nitrogens is 1. The minimum absolute atomic E-state index is 0.141. The predicted molar refractivity (Wildman–Crippen MR) is 71.4 cm³/mol. The third-order valence-corrected chi connectivity index (χ3v) is 2.25. The highest BCUT2D eigenvalue weighted by Crippen LogP contribution is 2.05. The number of nitrogens with zero attached hydrogens (tertiary/aromatic N) is 2. The Morgan fingerprint density at radius 2 is 2.17 bits per heavy atom. The summed E-state index contributed by atoms with van der Waals surface area (Å²) in [6, 6.07) is 3.66. The topological polar surface area (TPSA) is 65.5 Å². The van der Waals surface area contributed by atoms with Gasteiger partial charge in [-0.15, -0.1) is 0 Å². The summed E-state index contributed by atoms with van der Waals surface area (Å²) in [5.41, 5.74) is 0.240. The zero-order valence-corrected chi connectivity index (χ0v) is 11.4. The molecule has 0 radical (unpaired) electrons. The minimum Gasteiger partial charge on any atom is -0.389 e. The summed E-state index contributed by atoms with van der Waals surface area (Å²) in [5.74, 6) is 0.403. The molecular formula is C13H21N3O2. The van der Waals surface area contributed by atoms with Crippen LogP contribution in [0.3, 0.4) is 0 Å². The van der Waals surface area contributed by atoms with Gasteiger partial charge in [0.1, 0.15) is 5.82 Å². The van der Waals surface area contributed by atoms with E-state index in [-0.39, 0.29) is 12.5 Å². The molecule has 0 aliphatic carbocycles. The normalized spacial score (nSPS) is 11.7. The molecule has 1 aromatic rings. The average Bonchev–Trinajstić information content (AvgIpc) is 2.18. The van der Waals surface area contributed by atoms with E-state index in [0.29, 0.717) is 12.4 Å². The van der Waals surface area contributed by atoms with Crippen molar-refractivity contribution in [3.05, 3.63) is 23.9 Å². The molecule has 18 heavy (non-hydrogen) atoms. The maximum Gasteiger partial charge on any atom is 0.239 e. The molecule has 1 aromatic heterocycles. The Labute approximate surface area is 108 Å². The third-order valence-electron chi connectivity index (χ3n) is 2.25. The zero-order chi connectivity index (χ0) is 13.8. The van der Waals surface area contributed by atoms with E-state index in [9.17, 15) is 9.90 Å². The monoisotopic (exact) mass is 251 g/mol. The highest BCUT2D eigenvalue weighted by molar-refractivity contribution is 5.91. The molecule has 0 aromatic carbocycles. The van der Waals surface area contributed by atoms with E-state index in [4.69, 9.17) is 0 Å². The van der Waals surface area contributed by atoms with E-state index in [0.717, 1.165) is 5.56 Å². The van der Waals surface area contributed by atoms with E-state index in [1.165, 1.54) is 0 Å². The highest BCUT2D eigenvalue weighted by Gasteiger charge is 2.17. The lowest BCUT2D eigenvalue weighted by molar-refractivity contribution is -0.117. The Hall–Kier alpha value is -1.46. The Kier molecular flexibility index (Phi) is 4.81. The SMILES string of the molecule is Cc1ccc(NC(=O)CN(C)CC(C)(C)O)nc1. The van der Waals surface area contributed by atoms with Crippen molar-refractivity contribution in [2.45, 2.75) is 26.4 Å². The number of carbonyl (C=O) groups excluding carboxylic acids is 1. The van der Waals surface area contributed by atoms with Crippen LogP contribution in [0.1, 0.15) is 19.4 Å². The molecular weight excluding hydrogens is 230 g/mol. The molecule has 0 spiro atoms. The molecule has 2 N–H and O–H groups in total. The molecule has 0 unspecified atom stereocenters. The lowest BCUT2D eigenvalue weighted by atomic mass is 10.1. The van der Waals surface area contributed by atoms with Crippen molar-refractivity contribution in [2.24, 2.45) is 0 Å².